The number of urea groups is 1. The van der Waals surface area contributed by atoms with Crippen LogP contribution in [0.25, 0.3) is 0 Å². The van der Waals surface area contributed by atoms with E-state index in [0.717, 1.165) is 5.56 Å². The Morgan fingerprint density at radius 1 is 1.39 bits per heavy atom. The molecule has 0 bridgehead atoms. The Morgan fingerprint density at radius 2 is 2.13 bits per heavy atom. The van der Waals surface area contributed by atoms with Gasteiger partial charge in [-0.2, -0.15) is 5.10 Å². The number of anilines is 1. The second-order valence-corrected chi connectivity index (χ2v) is 5.35. The molecule has 1 heterocycles. The van der Waals surface area contributed by atoms with Crippen LogP contribution in [-0.4, -0.2) is 40.7 Å². The highest BCUT2D eigenvalue weighted by Crippen LogP contribution is 2.11. The topological polar surface area (TPSA) is 88.4 Å². The summed E-state index contributed by atoms with van der Waals surface area (Å²) in [4.78, 5) is 12.0. The van der Waals surface area contributed by atoms with Crippen molar-refractivity contribution in [2.24, 2.45) is 0 Å². The van der Waals surface area contributed by atoms with Gasteiger partial charge in [-0.15, -0.1) is 0 Å². The molecule has 0 unspecified atom stereocenters. The Labute approximate surface area is 135 Å². The molecule has 0 aliphatic carbocycles. The summed E-state index contributed by atoms with van der Waals surface area (Å²) in [5.41, 5.74) is 1.68. The number of nitrogens with zero attached hydrogens (tertiary/aromatic N) is 2. The molecule has 0 saturated heterocycles. The predicted octanol–water partition coefficient (Wildman–Crippen LogP) is 1.99. The number of amides is 2. The lowest BCUT2D eigenvalue weighted by molar-refractivity contribution is 0.183. The van der Waals surface area contributed by atoms with Crippen LogP contribution in [0.4, 0.5) is 10.5 Å². The van der Waals surface area contributed by atoms with E-state index >= 15 is 0 Å². The molecule has 2 aromatic rings. The van der Waals surface area contributed by atoms with Crippen molar-refractivity contribution in [3.8, 4) is 5.75 Å². The zero-order valence-electron chi connectivity index (χ0n) is 13.3. The largest absolute Gasteiger partial charge is 0.508 e. The Hall–Kier alpha value is -2.54. The molecular formula is C16H22N4O3. The van der Waals surface area contributed by atoms with E-state index in [1.165, 1.54) is 0 Å². The third kappa shape index (κ3) is 5.63. The summed E-state index contributed by atoms with van der Waals surface area (Å²) in [6.07, 6.45) is 4.03. The van der Waals surface area contributed by atoms with Crippen molar-refractivity contribution in [1.29, 1.82) is 0 Å². The maximum absolute atomic E-state index is 12.0. The fourth-order valence-electron chi connectivity index (χ4n) is 2.16. The number of carbonyl (C=O) groups excluding carboxylic acids is 1. The first-order valence-electron chi connectivity index (χ1n) is 7.43. The number of hydrogen-bond acceptors (Lipinski definition) is 4. The minimum Gasteiger partial charge on any atom is -0.508 e. The average Bonchev–Trinajstić information content (AvgIpc) is 2.94. The molecule has 23 heavy (non-hydrogen) atoms. The zero-order valence-corrected chi connectivity index (χ0v) is 13.3. The van der Waals surface area contributed by atoms with Gasteiger partial charge in [-0.25, -0.2) is 4.79 Å². The zero-order chi connectivity index (χ0) is 16.7. The summed E-state index contributed by atoms with van der Waals surface area (Å²) >= 11 is 0. The van der Waals surface area contributed by atoms with Crippen molar-refractivity contribution < 1.29 is 14.6 Å². The van der Waals surface area contributed by atoms with Crippen molar-refractivity contribution in [3.63, 3.8) is 0 Å². The van der Waals surface area contributed by atoms with Crippen LogP contribution in [0.3, 0.4) is 0 Å². The molecule has 7 heteroatoms. The SMILES string of the molecule is COCCn1cc(NC(=O)N[C@H](C)Cc2ccc(O)cc2)cn1. The van der Waals surface area contributed by atoms with Crippen molar-refractivity contribution >= 4 is 11.7 Å². The maximum atomic E-state index is 12.0. The van der Waals surface area contributed by atoms with Gasteiger partial charge in [-0.05, 0) is 31.0 Å². The number of phenols is 1. The molecule has 2 amide bonds. The van der Waals surface area contributed by atoms with Gasteiger partial charge in [0.05, 0.1) is 25.0 Å². The molecule has 0 aliphatic rings. The average molecular weight is 318 g/mol. The number of hydrogen-bond donors (Lipinski definition) is 3. The summed E-state index contributed by atoms with van der Waals surface area (Å²) in [6, 6.07) is 6.63. The van der Waals surface area contributed by atoms with E-state index in [0.29, 0.717) is 25.3 Å². The van der Waals surface area contributed by atoms with Gasteiger partial charge < -0.3 is 20.5 Å². The van der Waals surface area contributed by atoms with Crippen LogP contribution in [0.1, 0.15) is 12.5 Å². The lowest BCUT2D eigenvalue weighted by atomic mass is 10.1. The van der Waals surface area contributed by atoms with Gasteiger partial charge >= 0.3 is 6.03 Å². The number of carbonyl (C=O) groups is 1. The molecule has 2 rings (SSSR count). The van der Waals surface area contributed by atoms with Crippen LogP contribution in [0, 0.1) is 0 Å². The first-order valence-corrected chi connectivity index (χ1v) is 7.43. The van der Waals surface area contributed by atoms with Crippen LogP contribution < -0.4 is 10.6 Å². The van der Waals surface area contributed by atoms with E-state index in [-0.39, 0.29) is 17.8 Å². The number of methoxy groups -OCH3 is 1. The monoisotopic (exact) mass is 318 g/mol. The van der Waals surface area contributed by atoms with Crippen molar-refractivity contribution in [2.75, 3.05) is 19.0 Å². The second kappa shape index (κ2) is 8.19. The summed E-state index contributed by atoms with van der Waals surface area (Å²) in [5.74, 6) is 0.234. The molecule has 0 fully saturated rings. The summed E-state index contributed by atoms with van der Waals surface area (Å²) in [7, 11) is 1.63. The summed E-state index contributed by atoms with van der Waals surface area (Å²) < 4.78 is 6.68. The van der Waals surface area contributed by atoms with E-state index in [2.05, 4.69) is 15.7 Å². The van der Waals surface area contributed by atoms with E-state index < -0.39 is 0 Å². The molecule has 7 nitrogen and oxygen atoms in total. The molecule has 0 aliphatic heterocycles. The Bertz CT molecular complexity index is 625. The molecule has 0 radical (unpaired) electrons. The van der Waals surface area contributed by atoms with Crippen molar-refractivity contribution in [3.05, 3.63) is 42.2 Å². The Balaban J connectivity index is 1.79. The number of benzene rings is 1. The van der Waals surface area contributed by atoms with Gasteiger partial charge in [0.15, 0.2) is 0 Å². The molecule has 0 spiro atoms. The van der Waals surface area contributed by atoms with Crippen LogP contribution in [0.15, 0.2) is 36.7 Å². The molecule has 1 atom stereocenters. The fraction of sp³-hybridized carbons (Fsp3) is 0.375. The molecule has 1 aromatic carbocycles. The van der Waals surface area contributed by atoms with E-state index in [1.807, 2.05) is 19.1 Å². The molecule has 1 aromatic heterocycles. The van der Waals surface area contributed by atoms with Gasteiger partial charge in [-0.3, -0.25) is 4.68 Å². The first-order chi connectivity index (χ1) is 11.1. The standard InChI is InChI=1S/C16H22N4O3/c1-12(9-13-3-5-15(21)6-4-13)18-16(22)19-14-10-17-20(11-14)7-8-23-2/h3-6,10-12,21H,7-9H2,1-2H3,(H2,18,19,22)/t12-/m1/s1. The lowest BCUT2D eigenvalue weighted by Crippen LogP contribution is -2.37. The quantitative estimate of drug-likeness (QED) is 0.728. The van der Waals surface area contributed by atoms with Gasteiger partial charge in [0.2, 0.25) is 0 Å². The second-order valence-electron chi connectivity index (χ2n) is 5.35. The van der Waals surface area contributed by atoms with Gasteiger partial charge in [0, 0.05) is 19.3 Å². The number of rotatable bonds is 7. The highest BCUT2D eigenvalue weighted by Gasteiger charge is 2.09. The third-order valence-corrected chi connectivity index (χ3v) is 3.27. The number of nitrogens with one attached hydrogen (secondary N) is 2. The van der Waals surface area contributed by atoms with E-state index in [4.69, 9.17) is 4.74 Å². The van der Waals surface area contributed by atoms with Gasteiger partial charge in [0.1, 0.15) is 5.75 Å². The van der Waals surface area contributed by atoms with Crippen LogP contribution in [0.2, 0.25) is 0 Å². The van der Waals surface area contributed by atoms with Crippen molar-refractivity contribution in [2.45, 2.75) is 25.9 Å². The number of aromatic hydroxyl groups is 1. The lowest BCUT2D eigenvalue weighted by Gasteiger charge is -2.14. The van der Waals surface area contributed by atoms with Crippen LogP contribution in [-0.2, 0) is 17.7 Å². The summed E-state index contributed by atoms with van der Waals surface area (Å²) in [5, 5.41) is 19.0. The number of phenolic OH excluding ortho intramolecular Hbond substituents is 1. The van der Waals surface area contributed by atoms with Gasteiger partial charge in [0.25, 0.3) is 0 Å². The van der Waals surface area contributed by atoms with Crippen LogP contribution in [0.5, 0.6) is 5.75 Å². The molecule has 0 saturated carbocycles. The van der Waals surface area contributed by atoms with Crippen molar-refractivity contribution in [1.82, 2.24) is 15.1 Å². The summed E-state index contributed by atoms with van der Waals surface area (Å²) in [6.45, 7) is 3.13. The van der Waals surface area contributed by atoms with E-state index in [9.17, 15) is 9.90 Å². The highest BCUT2D eigenvalue weighted by atomic mass is 16.5. The minimum absolute atomic E-state index is 0.0388. The Kier molecular flexibility index (Phi) is 5.99. The van der Waals surface area contributed by atoms with Crippen LogP contribution >= 0.6 is 0 Å². The molecule has 3 N–H and O–H groups in total. The smallest absolute Gasteiger partial charge is 0.319 e. The Morgan fingerprint density at radius 3 is 2.83 bits per heavy atom. The van der Waals surface area contributed by atoms with E-state index in [1.54, 1.807) is 36.3 Å². The number of ether oxygens (including phenoxy) is 1. The number of aromatic nitrogens is 2. The highest BCUT2D eigenvalue weighted by molar-refractivity contribution is 5.89. The third-order valence-electron chi connectivity index (χ3n) is 3.27. The minimum atomic E-state index is -0.275. The first kappa shape index (κ1) is 16.8. The van der Waals surface area contributed by atoms with Gasteiger partial charge in [-0.1, -0.05) is 12.1 Å². The molecular weight excluding hydrogens is 296 g/mol. The fourth-order valence-corrected chi connectivity index (χ4v) is 2.16. The predicted molar refractivity (Wildman–Crippen MR) is 87.5 cm³/mol. The normalized spacial score (nSPS) is 11.9. The maximum Gasteiger partial charge on any atom is 0.319 e. The molecule has 124 valence electrons.